The van der Waals surface area contributed by atoms with Gasteiger partial charge in [0.15, 0.2) is 0 Å². The summed E-state index contributed by atoms with van der Waals surface area (Å²) in [6.45, 7) is 4.84. The number of amides is 2. The Hall–Kier alpha value is -3.60. The van der Waals surface area contributed by atoms with Gasteiger partial charge >= 0.3 is 0 Å². The minimum absolute atomic E-state index is 0.227. The SMILES string of the molecule is CCOc1ccccc1NC(=O)c1cccc(C(=O)NCc2ccc(C)cc2)c1. The lowest BCUT2D eigenvalue weighted by molar-refractivity contribution is 0.0951. The van der Waals surface area contributed by atoms with Crippen LogP contribution in [0, 0.1) is 6.92 Å². The van der Waals surface area contributed by atoms with Crippen LogP contribution in [0.5, 0.6) is 5.75 Å². The highest BCUT2D eigenvalue weighted by molar-refractivity contribution is 6.06. The van der Waals surface area contributed by atoms with Gasteiger partial charge in [0.25, 0.3) is 11.8 Å². The highest BCUT2D eigenvalue weighted by Crippen LogP contribution is 2.24. The zero-order valence-corrected chi connectivity index (χ0v) is 16.6. The first-order chi connectivity index (χ1) is 14.1. The molecule has 0 radical (unpaired) electrons. The van der Waals surface area contributed by atoms with Gasteiger partial charge in [-0.05, 0) is 49.7 Å². The Balaban J connectivity index is 1.67. The summed E-state index contributed by atoms with van der Waals surface area (Å²) in [4.78, 5) is 25.2. The van der Waals surface area contributed by atoms with E-state index in [0.717, 1.165) is 5.56 Å². The second kappa shape index (κ2) is 9.55. The molecule has 0 aliphatic heterocycles. The topological polar surface area (TPSA) is 67.4 Å². The molecule has 2 amide bonds. The van der Waals surface area contributed by atoms with E-state index in [1.807, 2.05) is 50.2 Å². The van der Waals surface area contributed by atoms with Crippen molar-refractivity contribution in [2.75, 3.05) is 11.9 Å². The van der Waals surface area contributed by atoms with Gasteiger partial charge in [0.05, 0.1) is 12.3 Å². The molecule has 0 aliphatic carbocycles. The van der Waals surface area contributed by atoms with E-state index in [-0.39, 0.29) is 11.8 Å². The Labute approximate surface area is 170 Å². The molecule has 29 heavy (non-hydrogen) atoms. The summed E-state index contributed by atoms with van der Waals surface area (Å²) < 4.78 is 5.54. The predicted molar refractivity (Wildman–Crippen MR) is 114 cm³/mol. The van der Waals surface area contributed by atoms with E-state index in [4.69, 9.17) is 4.74 Å². The smallest absolute Gasteiger partial charge is 0.255 e. The molecule has 0 spiro atoms. The number of nitrogens with one attached hydrogen (secondary N) is 2. The third-order valence-corrected chi connectivity index (χ3v) is 4.40. The number of carbonyl (C=O) groups is 2. The molecule has 0 saturated heterocycles. The molecule has 0 saturated carbocycles. The average molecular weight is 388 g/mol. The summed E-state index contributed by atoms with van der Waals surface area (Å²) in [6.07, 6.45) is 0. The zero-order valence-electron chi connectivity index (χ0n) is 16.6. The highest BCUT2D eigenvalue weighted by atomic mass is 16.5. The fourth-order valence-corrected chi connectivity index (χ4v) is 2.84. The van der Waals surface area contributed by atoms with Gasteiger partial charge in [-0.3, -0.25) is 9.59 Å². The van der Waals surface area contributed by atoms with E-state index in [1.54, 1.807) is 36.4 Å². The molecule has 0 fully saturated rings. The molecule has 3 aromatic carbocycles. The van der Waals surface area contributed by atoms with Crippen LogP contribution in [0.1, 0.15) is 38.8 Å². The summed E-state index contributed by atoms with van der Waals surface area (Å²) in [5.41, 5.74) is 3.62. The summed E-state index contributed by atoms with van der Waals surface area (Å²) >= 11 is 0. The molecule has 148 valence electrons. The van der Waals surface area contributed by atoms with Crippen LogP contribution in [0.4, 0.5) is 5.69 Å². The number of carbonyl (C=O) groups excluding carboxylic acids is 2. The lowest BCUT2D eigenvalue weighted by Crippen LogP contribution is -2.23. The van der Waals surface area contributed by atoms with Gasteiger partial charge in [0, 0.05) is 17.7 Å². The Morgan fingerprint density at radius 2 is 1.55 bits per heavy atom. The quantitative estimate of drug-likeness (QED) is 0.623. The normalized spacial score (nSPS) is 10.3. The molecule has 0 aliphatic rings. The predicted octanol–water partition coefficient (Wildman–Crippen LogP) is 4.58. The van der Waals surface area contributed by atoms with E-state index < -0.39 is 0 Å². The number of benzene rings is 3. The molecule has 0 unspecified atom stereocenters. The van der Waals surface area contributed by atoms with Crippen molar-refractivity contribution in [1.82, 2.24) is 5.32 Å². The number of ether oxygens (including phenoxy) is 1. The maximum Gasteiger partial charge on any atom is 0.255 e. The minimum atomic E-state index is -0.301. The third-order valence-electron chi connectivity index (χ3n) is 4.40. The van der Waals surface area contributed by atoms with Crippen molar-refractivity contribution in [3.8, 4) is 5.75 Å². The average Bonchev–Trinajstić information content (AvgIpc) is 2.75. The zero-order chi connectivity index (χ0) is 20.6. The molecule has 0 atom stereocenters. The highest BCUT2D eigenvalue weighted by Gasteiger charge is 2.12. The number of para-hydroxylation sites is 2. The van der Waals surface area contributed by atoms with E-state index in [9.17, 15) is 9.59 Å². The Morgan fingerprint density at radius 3 is 2.28 bits per heavy atom. The Morgan fingerprint density at radius 1 is 0.862 bits per heavy atom. The number of hydrogen-bond acceptors (Lipinski definition) is 3. The first-order valence-electron chi connectivity index (χ1n) is 9.54. The van der Waals surface area contributed by atoms with Crippen LogP contribution in [0.15, 0.2) is 72.8 Å². The number of rotatable bonds is 7. The van der Waals surface area contributed by atoms with E-state index in [1.165, 1.54) is 5.56 Å². The molecular formula is C24H24N2O3. The molecule has 5 nitrogen and oxygen atoms in total. The van der Waals surface area contributed by atoms with Crippen molar-refractivity contribution in [2.45, 2.75) is 20.4 Å². The lowest BCUT2D eigenvalue weighted by Gasteiger charge is -2.12. The van der Waals surface area contributed by atoms with Gasteiger partial charge < -0.3 is 15.4 Å². The van der Waals surface area contributed by atoms with Crippen LogP contribution >= 0.6 is 0 Å². The molecule has 3 rings (SSSR count). The molecule has 0 heterocycles. The van der Waals surface area contributed by atoms with Crippen LogP contribution in [0.25, 0.3) is 0 Å². The van der Waals surface area contributed by atoms with Gasteiger partial charge in [0.1, 0.15) is 5.75 Å². The number of aryl methyl sites for hydroxylation is 1. The lowest BCUT2D eigenvalue weighted by atomic mass is 10.1. The van der Waals surface area contributed by atoms with Crippen molar-refractivity contribution in [1.29, 1.82) is 0 Å². The minimum Gasteiger partial charge on any atom is -0.492 e. The first-order valence-corrected chi connectivity index (χ1v) is 9.54. The van der Waals surface area contributed by atoms with Gasteiger partial charge in [-0.2, -0.15) is 0 Å². The van der Waals surface area contributed by atoms with E-state index in [0.29, 0.717) is 35.7 Å². The number of anilines is 1. The third kappa shape index (κ3) is 5.45. The van der Waals surface area contributed by atoms with Gasteiger partial charge in [-0.25, -0.2) is 0 Å². The van der Waals surface area contributed by atoms with Crippen LogP contribution in [-0.2, 0) is 6.54 Å². The second-order valence-corrected chi connectivity index (χ2v) is 6.63. The van der Waals surface area contributed by atoms with Crippen molar-refractivity contribution in [2.24, 2.45) is 0 Å². The van der Waals surface area contributed by atoms with Crippen LogP contribution in [0.2, 0.25) is 0 Å². The van der Waals surface area contributed by atoms with Gasteiger partial charge in [-0.15, -0.1) is 0 Å². The maximum atomic E-state index is 12.7. The van der Waals surface area contributed by atoms with E-state index in [2.05, 4.69) is 10.6 Å². The molecule has 0 bridgehead atoms. The first kappa shape index (κ1) is 20.1. The summed E-state index contributed by atoms with van der Waals surface area (Å²) in [5.74, 6) is 0.0793. The molecule has 2 N–H and O–H groups in total. The fourth-order valence-electron chi connectivity index (χ4n) is 2.84. The van der Waals surface area contributed by atoms with Crippen molar-refractivity contribution >= 4 is 17.5 Å². The fraction of sp³-hybridized carbons (Fsp3) is 0.167. The molecule has 0 aromatic heterocycles. The van der Waals surface area contributed by atoms with E-state index >= 15 is 0 Å². The van der Waals surface area contributed by atoms with Crippen LogP contribution in [0.3, 0.4) is 0 Å². The van der Waals surface area contributed by atoms with Crippen molar-refractivity contribution in [3.05, 3.63) is 95.1 Å². The maximum absolute atomic E-state index is 12.7. The van der Waals surface area contributed by atoms with Crippen molar-refractivity contribution < 1.29 is 14.3 Å². The summed E-state index contributed by atoms with van der Waals surface area (Å²) in [5, 5.41) is 5.73. The summed E-state index contributed by atoms with van der Waals surface area (Å²) in [7, 11) is 0. The van der Waals surface area contributed by atoms with Gasteiger partial charge in [0.2, 0.25) is 0 Å². The van der Waals surface area contributed by atoms with Crippen LogP contribution < -0.4 is 15.4 Å². The number of hydrogen-bond donors (Lipinski definition) is 2. The van der Waals surface area contributed by atoms with Crippen molar-refractivity contribution in [3.63, 3.8) is 0 Å². The Bertz CT molecular complexity index is 997. The molecule has 5 heteroatoms. The van der Waals surface area contributed by atoms with Crippen LogP contribution in [-0.4, -0.2) is 18.4 Å². The monoisotopic (exact) mass is 388 g/mol. The molecule has 3 aromatic rings. The van der Waals surface area contributed by atoms with Gasteiger partial charge in [-0.1, -0.05) is 48.0 Å². The molecular weight excluding hydrogens is 364 g/mol. The standard InChI is InChI=1S/C24H24N2O3/c1-3-29-22-10-5-4-9-21(22)26-24(28)20-8-6-7-19(15-20)23(27)25-16-18-13-11-17(2)12-14-18/h4-15H,3,16H2,1-2H3,(H,25,27)(H,26,28). The largest absolute Gasteiger partial charge is 0.492 e. The second-order valence-electron chi connectivity index (χ2n) is 6.63. The summed E-state index contributed by atoms with van der Waals surface area (Å²) in [6, 6.07) is 21.9. The Kier molecular flexibility index (Phi) is 6.63.